The zero-order chi connectivity index (χ0) is 25.2. The molecule has 0 saturated heterocycles. The van der Waals surface area contributed by atoms with Crippen molar-refractivity contribution in [3.63, 3.8) is 0 Å². The average Bonchev–Trinajstić information content (AvgIpc) is 3.00. The number of carbonyl (C=O) groups is 1. The number of rotatable bonds is 8. The summed E-state index contributed by atoms with van der Waals surface area (Å²) in [6, 6.07) is 1.62. The number of methoxy groups -OCH3 is 1. The van der Waals surface area contributed by atoms with Gasteiger partial charge in [0.1, 0.15) is 18.5 Å². The summed E-state index contributed by atoms with van der Waals surface area (Å²) in [5, 5.41) is 17.1. The summed E-state index contributed by atoms with van der Waals surface area (Å²) in [5.74, 6) is -0.908. The summed E-state index contributed by atoms with van der Waals surface area (Å²) in [4.78, 5) is 37.2. The van der Waals surface area contributed by atoms with E-state index in [1.54, 1.807) is 45.7 Å². The molecule has 0 unspecified atom stereocenters. The van der Waals surface area contributed by atoms with Gasteiger partial charge in [0.2, 0.25) is 11.7 Å². The van der Waals surface area contributed by atoms with Gasteiger partial charge in [0.15, 0.2) is 5.65 Å². The van der Waals surface area contributed by atoms with Crippen LogP contribution in [0.5, 0.6) is 11.8 Å². The number of nitrogens with zero attached hydrogens (tertiary/aromatic N) is 7. The first-order valence-corrected chi connectivity index (χ1v) is 10.3. The van der Waals surface area contributed by atoms with Gasteiger partial charge in [-0.15, -0.1) is 0 Å². The minimum Gasteiger partial charge on any atom is -0.459 e. The third-order valence-electron chi connectivity index (χ3n) is 4.63. The van der Waals surface area contributed by atoms with Gasteiger partial charge in [-0.05, 0) is 33.3 Å². The number of aromatic nitrogens is 5. The smallest absolute Gasteiger partial charge is 0.373 e. The summed E-state index contributed by atoms with van der Waals surface area (Å²) in [7, 11) is 4.78. The lowest BCUT2D eigenvalue weighted by atomic mass is 10.1. The van der Waals surface area contributed by atoms with Crippen LogP contribution in [-0.4, -0.2) is 61.9 Å². The molecular weight excluding hydrogens is 446 g/mol. The van der Waals surface area contributed by atoms with E-state index in [-0.39, 0.29) is 30.7 Å². The number of anilines is 1. The quantitative estimate of drug-likeness (QED) is 0.270. The molecule has 0 bridgehead atoms. The molecular formula is C21H27N7O6. The molecule has 13 nitrogen and oxygen atoms in total. The Bertz CT molecular complexity index is 1230. The minimum atomic E-state index is -0.696. The molecule has 3 aromatic heterocycles. The molecule has 0 aliphatic carbocycles. The van der Waals surface area contributed by atoms with Crippen LogP contribution in [0, 0.1) is 17.0 Å². The molecule has 0 aliphatic rings. The van der Waals surface area contributed by atoms with Crippen molar-refractivity contribution in [3.05, 3.63) is 33.8 Å². The van der Waals surface area contributed by atoms with E-state index in [9.17, 15) is 14.9 Å². The summed E-state index contributed by atoms with van der Waals surface area (Å²) in [5.41, 5.74) is 0.846. The predicted molar refractivity (Wildman–Crippen MR) is 122 cm³/mol. The van der Waals surface area contributed by atoms with Crippen molar-refractivity contribution in [2.75, 3.05) is 25.6 Å². The molecule has 0 aromatic carbocycles. The van der Waals surface area contributed by atoms with Gasteiger partial charge in [0, 0.05) is 32.7 Å². The summed E-state index contributed by atoms with van der Waals surface area (Å²) >= 11 is 0. The monoisotopic (exact) mass is 473 g/mol. The molecule has 0 radical (unpaired) electrons. The van der Waals surface area contributed by atoms with Crippen molar-refractivity contribution < 1.29 is 23.9 Å². The second kappa shape index (κ2) is 9.55. The van der Waals surface area contributed by atoms with E-state index >= 15 is 0 Å². The van der Waals surface area contributed by atoms with Gasteiger partial charge in [0.25, 0.3) is 0 Å². The lowest BCUT2D eigenvalue weighted by Crippen LogP contribution is -2.33. The molecule has 34 heavy (non-hydrogen) atoms. The van der Waals surface area contributed by atoms with Crippen molar-refractivity contribution in [2.24, 2.45) is 7.05 Å². The topological polar surface area (TPSA) is 148 Å². The van der Waals surface area contributed by atoms with Crippen molar-refractivity contribution in [1.82, 2.24) is 24.7 Å². The second-order valence-corrected chi connectivity index (χ2v) is 8.61. The highest BCUT2D eigenvalue weighted by molar-refractivity contribution is 5.83. The number of ether oxygens (including phenoxy) is 3. The fraction of sp³-hybridized carbons (Fsp3) is 0.476. The van der Waals surface area contributed by atoms with Crippen LogP contribution in [0.4, 0.5) is 11.5 Å². The highest BCUT2D eigenvalue weighted by atomic mass is 16.6. The first kappa shape index (κ1) is 24.8. The van der Waals surface area contributed by atoms with E-state index < -0.39 is 22.2 Å². The first-order valence-electron chi connectivity index (χ1n) is 10.3. The molecule has 0 atom stereocenters. The molecule has 13 heteroatoms. The molecule has 3 rings (SSSR count). The van der Waals surface area contributed by atoms with Crippen LogP contribution in [0.3, 0.4) is 0 Å². The maximum atomic E-state index is 12.2. The first-order chi connectivity index (χ1) is 15.9. The largest absolute Gasteiger partial charge is 0.459 e. The molecule has 0 aliphatic heterocycles. The predicted octanol–water partition coefficient (Wildman–Crippen LogP) is 2.69. The third-order valence-corrected chi connectivity index (χ3v) is 4.63. The Kier molecular flexibility index (Phi) is 6.96. The lowest BCUT2D eigenvalue weighted by Gasteiger charge is -2.23. The Morgan fingerprint density at radius 2 is 2.00 bits per heavy atom. The lowest BCUT2D eigenvalue weighted by molar-refractivity contribution is -0.385. The molecule has 3 heterocycles. The normalized spacial score (nSPS) is 11.5. The van der Waals surface area contributed by atoms with Gasteiger partial charge in [-0.2, -0.15) is 15.1 Å². The van der Waals surface area contributed by atoms with Crippen molar-refractivity contribution >= 4 is 28.5 Å². The van der Waals surface area contributed by atoms with E-state index in [2.05, 4.69) is 20.1 Å². The zero-order valence-electron chi connectivity index (χ0n) is 20.1. The van der Waals surface area contributed by atoms with Crippen LogP contribution in [0.25, 0.3) is 11.0 Å². The second-order valence-electron chi connectivity index (χ2n) is 8.61. The molecule has 3 aromatic rings. The number of carbonyl (C=O) groups excluding carboxylic acids is 1. The van der Waals surface area contributed by atoms with Crippen molar-refractivity contribution in [3.8, 4) is 11.8 Å². The van der Waals surface area contributed by atoms with Crippen LogP contribution >= 0.6 is 0 Å². The summed E-state index contributed by atoms with van der Waals surface area (Å²) in [6.07, 6.45) is 1.12. The van der Waals surface area contributed by atoms with Gasteiger partial charge in [-0.25, -0.2) is 4.98 Å². The van der Waals surface area contributed by atoms with Crippen LogP contribution in [0.2, 0.25) is 0 Å². The molecule has 0 amide bonds. The number of aryl methyl sites for hydroxylation is 2. The van der Waals surface area contributed by atoms with E-state index in [1.165, 1.54) is 11.9 Å². The fourth-order valence-corrected chi connectivity index (χ4v) is 3.44. The van der Waals surface area contributed by atoms with E-state index in [1.807, 2.05) is 6.92 Å². The number of hydrogen-bond acceptors (Lipinski definition) is 11. The van der Waals surface area contributed by atoms with Crippen molar-refractivity contribution in [1.29, 1.82) is 0 Å². The summed E-state index contributed by atoms with van der Waals surface area (Å²) in [6.45, 7) is 7.05. The summed E-state index contributed by atoms with van der Waals surface area (Å²) < 4.78 is 17.9. The average molecular weight is 473 g/mol. The van der Waals surface area contributed by atoms with Gasteiger partial charge < -0.3 is 19.1 Å². The van der Waals surface area contributed by atoms with Gasteiger partial charge in [-0.1, -0.05) is 0 Å². The minimum absolute atomic E-state index is 0.0742. The van der Waals surface area contributed by atoms with Gasteiger partial charge >= 0.3 is 17.5 Å². The number of nitro groups is 1. The zero-order valence-corrected chi connectivity index (χ0v) is 20.1. The maximum absolute atomic E-state index is 12.2. The van der Waals surface area contributed by atoms with Crippen LogP contribution in [0.15, 0.2) is 12.4 Å². The van der Waals surface area contributed by atoms with E-state index in [4.69, 9.17) is 14.2 Å². The standard InChI is InChI=1S/C21H27N7O6/c1-12-16-13(10-32-7)8-14(24-18(16)27(6)25-12)33-20-17(28(30)31)19(22-11-23-20)26(5)9-15(29)34-21(2,3)4/h8,11H,9-10H2,1-7H3. The Labute approximate surface area is 195 Å². The number of esters is 1. The molecule has 0 N–H and O–H groups in total. The highest BCUT2D eigenvalue weighted by Gasteiger charge is 2.30. The number of pyridine rings is 1. The molecule has 0 spiro atoms. The van der Waals surface area contributed by atoms with Gasteiger partial charge in [0.05, 0.1) is 17.2 Å². The Morgan fingerprint density at radius 3 is 2.62 bits per heavy atom. The highest BCUT2D eigenvalue weighted by Crippen LogP contribution is 2.36. The number of likely N-dealkylation sites (N-methyl/N-ethyl adjacent to an activating group) is 1. The maximum Gasteiger partial charge on any atom is 0.373 e. The van der Waals surface area contributed by atoms with Crippen LogP contribution in [-0.2, 0) is 27.9 Å². The van der Waals surface area contributed by atoms with E-state index in [0.29, 0.717) is 5.65 Å². The Hall–Kier alpha value is -3.87. The SMILES string of the molecule is COCc1cc(Oc2ncnc(N(C)CC(=O)OC(C)(C)C)c2[N+](=O)[O-])nc2c1c(C)nn2C. The fourth-order valence-electron chi connectivity index (χ4n) is 3.44. The molecule has 0 fully saturated rings. The Morgan fingerprint density at radius 1 is 1.29 bits per heavy atom. The van der Waals surface area contributed by atoms with E-state index in [0.717, 1.165) is 23.0 Å². The number of hydrogen-bond donors (Lipinski definition) is 0. The third kappa shape index (κ3) is 5.36. The molecule has 182 valence electrons. The van der Waals surface area contributed by atoms with Gasteiger partial charge in [-0.3, -0.25) is 19.6 Å². The molecule has 0 saturated carbocycles. The number of fused-ring (bicyclic) bond motifs is 1. The van der Waals surface area contributed by atoms with Crippen molar-refractivity contribution in [2.45, 2.75) is 39.9 Å². The Balaban J connectivity index is 2.00. The van der Waals surface area contributed by atoms with Crippen LogP contribution in [0.1, 0.15) is 32.0 Å². The van der Waals surface area contributed by atoms with Crippen LogP contribution < -0.4 is 9.64 Å².